The van der Waals surface area contributed by atoms with E-state index in [0.717, 1.165) is 21.8 Å². The number of esters is 1. The molecule has 0 unspecified atom stereocenters. The number of nitrogens with one attached hydrogen (secondary N) is 1. The predicted octanol–water partition coefficient (Wildman–Crippen LogP) is 3.63. The van der Waals surface area contributed by atoms with Gasteiger partial charge in [0, 0.05) is 22.5 Å². The minimum absolute atomic E-state index is 0.281. The third-order valence-corrected chi connectivity index (χ3v) is 5.05. The number of carbonyl (C=O) groups is 2. The molecule has 6 heteroatoms. The minimum atomic E-state index is -0.825. The number of benzene rings is 1. The summed E-state index contributed by atoms with van der Waals surface area (Å²) in [6, 6.07) is 9.54. The number of amides is 1. The van der Waals surface area contributed by atoms with Crippen LogP contribution in [0.2, 0.25) is 0 Å². The molecule has 1 amide bonds. The third-order valence-electron chi connectivity index (χ3n) is 3.86. The van der Waals surface area contributed by atoms with Crippen molar-refractivity contribution >= 4 is 23.2 Å². The number of carbonyl (C=O) groups excluding carboxylic acids is 2. The maximum atomic E-state index is 12.4. The maximum absolute atomic E-state index is 12.4. The molecule has 0 saturated carbocycles. The Kier molecular flexibility index (Phi) is 5.08. The van der Waals surface area contributed by atoms with Gasteiger partial charge in [0.25, 0.3) is 5.91 Å². The van der Waals surface area contributed by atoms with E-state index in [1.54, 1.807) is 13.0 Å². The lowest BCUT2D eigenvalue weighted by Gasteiger charge is -2.16. The molecule has 1 aromatic heterocycles. The van der Waals surface area contributed by atoms with Gasteiger partial charge in [0.1, 0.15) is 17.2 Å². The zero-order valence-corrected chi connectivity index (χ0v) is 15.3. The van der Waals surface area contributed by atoms with E-state index in [2.05, 4.69) is 5.32 Å². The second-order valence-electron chi connectivity index (χ2n) is 6.44. The smallest absolute Gasteiger partial charge is 0.349 e. The Morgan fingerprint density at radius 2 is 2.04 bits per heavy atom. The van der Waals surface area contributed by atoms with E-state index in [0.29, 0.717) is 23.9 Å². The largest absolute Gasteiger partial charge is 0.488 e. The predicted molar refractivity (Wildman–Crippen MR) is 96.8 cm³/mol. The van der Waals surface area contributed by atoms with Gasteiger partial charge in [-0.05, 0) is 31.0 Å². The minimum Gasteiger partial charge on any atom is -0.488 e. The number of hydrogen-bond donors (Lipinski definition) is 1. The molecule has 25 heavy (non-hydrogen) atoms. The SMILES string of the molecule is CC(C)CNC(=O)[C@H](C)OC(=O)c1cc2c(s1)-c1ccccc1OC2. The van der Waals surface area contributed by atoms with Crippen molar-refractivity contribution in [2.75, 3.05) is 6.54 Å². The van der Waals surface area contributed by atoms with Crippen molar-refractivity contribution < 1.29 is 19.1 Å². The van der Waals surface area contributed by atoms with Crippen molar-refractivity contribution in [2.24, 2.45) is 5.92 Å². The van der Waals surface area contributed by atoms with Crippen LogP contribution < -0.4 is 10.1 Å². The molecule has 1 atom stereocenters. The topological polar surface area (TPSA) is 64.6 Å². The molecular weight excluding hydrogens is 338 g/mol. The summed E-state index contributed by atoms with van der Waals surface area (Å²) in [6.07, 6.45) is -0.825. The van der Waals surface area contributed by atoms with Crippen LogP contribution in [0.15, 0.2) is 30.3 Å². The van der Waals surface area contributed by atoms with E-state index in [1.807, 2.05) is 38.1 Å². The average molecular weight is 359 g/mol. The lowest BCUT2D eigenvalue weighted by atomic mass is 10.1. The Labute approximate surface area is 151 Å². The Morgan fingerprint density at radius 3 is 2.80 bits per heavy atom. The van der Waals surface area contributed by atoms with Crippen molar-refractivity contribution in [1.29, 1.82) is 0 Å². The van der Waals surface area contributed by atoms with Crippen LogP contribution >= 0.6 is 11.3 Å². The Bertz CT molecular complexity index is 796. The highest BCUT2D eigenvalue weighted by molar-refractivity contribution is 7.17. The fraction of sp³-hybridized carbons (Fsp3) is 0.368. The molecule has 3 rings (SSSR count). The fourth-order valence-electron chi connectivity index (χ4n) is 2.52. The van der Waals surface area contributed by atoms with Gasteiger partial charge in [-0.15, -0.1) is 11.3 Å². The van der Waals surface area contributed by atoms with Gasteiger partial charge < -0.3 is 14.8 Å². The summed E-state index contributed by atoms with van der Waals surface area (Å²) in [4.78, 5) is 25.9. The highest BCUT2D eigenvalue weighted by atomic mass is 32.1. The number of thiophene rings is 1. The molecule has 2 aromatic rings. The first kappa shape index (κ1) is 17.5. The van der Waals surface area contributed by atoms with Gasteiger partial charge in [-0.2, -0.15) is 0 Å². The van der Waals surface area contributed by atoms with E-state index in [4.69, 9.17) is 9.47 Å². The van der Waals surface area contributed by atoms with E-state index in [-0.39, 0.29) is 5.91 Å². The molecule has 0 bridgehead atoms. The van der Waals surface area contributed by atoms with Crippen LogP contribution in [0, 0.1) is 5.92 Å². The summed E-state index contributed by atoms with van der Waals surface area (Å²) in [6.45, 7) is 6.59. The molecule has 1 N–H and O–H groups in total. The zero-order valence-electron chi connectivity index (χ0n) is 14.5. The monoisotopic (exact) mass is 359 g/mol. The highest BCUT2D eigenvalue weighted by Crippen LogP contribution is 2.42. The van der Waals surface area contributed by atoms with Gasteiger partial charge in [0.2, 0.25) is 0 Å². The molecule has 1 aliphatic heterocycles. The van der Waals surface area contributed by atoms with Crippen molar-refractivity contribution in [2.45, 2.75) is 33.5 Å². The van der Waals surface area contributed by atoms with Crippen LogP contribution in [0.4, 0.5) is 0 Å². The Balaban J connectivity index is 1.71. The summed E-state index contributed by atoms with van der Waals surface area (Å²) in [7, 11) is 0. The lowest BCUT2D eigenvalue weighted by molar-refractivity contribution is -0.129. The van der Waals surface area contributed by atoms with E-state index in [1.165, 1.54) is 11.3 Å². The van der Waals surface area contributed by atoms with Crippen molar-refractivity contribution in [3.63, 3.8) is 0 Å². The molecule has 1 aromatic carbocycles. The quantitative estimate of drug-likeness (QED) is 0.828. The molecule has 0 fully saturated rings. The summed E-state index contributed by atoms with van der Waals surface area (Å²) in [5, 5.41) is 2.77. The van der Waals surface area contributed by atoms with Gasteiger partial charge in [0.05, 0.1) is 0 Å². The first-order chi connectivity index (χ1) is 12.0. The van der Waals surface area contributed by atoms with E-state index in [9.17, 15) is 9.59 Å². The maximum Gasteiger partial charge on any atom is 0.349 e. The number of hydrogen-bond acceptors (Lipinski definition) is 5. The summed E-state index contributed by atoms with van der Waals surface area (Å²) in [5.74, 6) is 0.398. The zero-order chi connectivity index (χ0) is 18.0. The fourth-order valence-corrected chi connectivity index (χ4v) is 3.60. The number of rotatable bonds is 5. The number of ether oxygens (including phenoxy) is 2. The third kappa shape index (κ3) is 3.85. The van der Waals surface area contributed by atoms with E-state index < -0.39 is 12.1 Å². The van der Waals surface area contributed by atoms with Crippen LogP contribution in [-0.4, -0.2) is 24.5 Å². The van der Waals surface area contributed by atoms with Crippen LogP contribution in [-0.2, 0) is 16.1 Å². The molecule has 1 aliphatic rings. The molecular formula is C19H21NO4S. The van der Waals surface area contributed by atoms with Gasteiger partial charge in [-0.25, -0.2) is 4.79 Å². The molecule has 0 aliphatic carbocycles. The number of fused-ring (bicyclic) bond motifs is 3. The van der Waals surface area contributed by atoms with Gasteiger partial charge in [0.15, 0.2) is 6.10 Å². The lowest BCUT2D eigenvalue weighted by Crippen LogP contribution is -2.37. The second kappa shape index (κ2) is 7.27. The van der Waals surface area contributed by atoms with Crippen LogP contribution in [0.25, 0.3) is 10.4 Å². The molecule has 132 valence electrons. The van der Waals surface area contributed by atoms with Gasteiger partial charge >= 0.3 is 5.97 Å². The molecule has 0 saturated heterocycles. The Hall–Kier alpha value is -2.34. The number of para-hydroxylation sites is 1. The van der Waals surface area contributed by atoms with Gasteiger partial charge in [-0.3, -0.25) is 4.79 Å². The standard InChI is InChI=1S/C19H21NO4S/c1-11(2)9-20-18(21)12(3)24-19(22)16-8-13-10-23-15-7-5-4-6-14(15)17(13)25-16/h4-8,11-12H,9-10H2,1-3H3,(H,20,21)/t12-/m0/s1. The molecule has 0 spiro atoms. The molecule has 5 nitrogen and oxygen atoms in total. The molecule has 0 radical (unpaired) electrons. The summed E-state index contributed by atoms with van der Waals surface area (Å²) in [5.41, 5.74) is 1.95. The van der Waals surface area contributed by atoms with Gasteiger partial charge in [-0.1, -0.05) is 26.0 Å². The highest BCUT2D eigenvalue weighted by Gasteiger charge is 2.25. The normalized spacial score (nSPS) is 13.4. The van der Waals surface area contributed by atoms with Crippen LogP contribution in [0.5, 0.6) is 5.75 Å². The van der Waals surface area contributed by atoms with Crippen molar-refractivity contribution in [3.05, 3.63) is 40.8 Å². The summed E-state index contributed by atoms with van der Waals surface area (Å²) < 4.78 is 11.0. The first-order valence-corrected chi connectivity index (χ1v) is 9.11. The van der Waals surface area contributed by atoms with Crippen LogP contribution in [0.1, 0.15) is 36.0 Å². The Morgan fingerprint density at radius 1 is 1.28 bits per heavy atom. The van der Waals surface area contributed by atoms with Crippen molar-refractivity contribution in [1.82, 2.24) is 5.32 Å². The van der Waals surface area contributed by atoms with Crippen molar-refractivity contribution in [3.8, 4) is 16.2 Å². The second-order valence-corrected chi connectivity index (χ2v) is 7.49. The molecule has 2 heterocycles. The first-order valence-electron chi connectivity index (χ1n) is 8.29. The summed E-state index contributed by atoms with van der Waals surface area (Å²) >= 11 is 1.37. The van der Waals surface area contributed by atoms with Crippen LogP contribution in [0.3, 0.4) is 0 Å². The average Bonchev–Trinajstić information content (AvgIpc) is 3.04. The van der Waals surface area contributed by atoms with E-state index >= 15 is 0 Å².